The molecule has 0 unspecified atom stereocenters. The lowest BCUT2D eigenvalue weighted by atomic mass is 10.3. The van der Waals surface area contributed by atoms with Crippen LogP contribution in [0, 0.1) is 0 Å². The Morgan fingerprint density at radius 1 is 1.39 bits per heavy atom. The van der Waals surface area contributed by atoms with Gasteiger partial charge in [0.2, 0.25) is 0 Å². The van der Waals surface area contributed by atoms with Gasteiger partial charge in [-0.25, -0.2) is 4.98 Å². The second-order valence-electron chi connectivity index (χ2n) is 3.49. The van der Waals surface area contributed by atoms with E-state index >= 15 is 0 Å². The molecule has 0 aromatic carbocycles. The second kappa shape index (κ2) is 6.96. The number of rotatable bonds is 5. The number of pyridine rings is 1. The Hall–Kier alpha value is -1.62. The van der Waals surface area contributed by atoms with Crippen molar-refractivity contribution in [3.8, 4) is 0 Å². The second-order valence-corrected chi connectivity index (χ2v) is 3.92. The maximum absolute atomic E-state index is 12.0. The van der Waals surface area contributed by atoms with Crippen LogP contribution in [0.1, 0.15) is 24.3 Å². The van der Waals surface area contributed by atoms with Gasteiger partial charge in [-0.2, -0.15) is 0 Å². The molecule has 0 bridgehead atoms. The molecule has 1 aromatic heterocycles. The van der Waals surface area contributed by atoms with Gasteiger partial charge in [-0.1, -0.05) is 11.6 Å². The van der Waals surface area contributed by atoms with Crippen LogP contribution < -0.4 is 0 Å². The summed E-state index contributed by atoms with van der Waals surface area (Å²) in [6.45, 7) is 4.13. The summed E-state index contributed by atoms with van der Waals surface area (Å²) in [4.78, 5) is 28.7. The highest BCUT2D eigenvalue weighted by atomic mass is 35.5. The number of hydrogen-bond donors (Lipinski definition) is 0. The van der Waals surface area contributed by atoms with Crippen molar-refractivity contribution >= 4 is 23.5 Å². The fraction of sp³-hybridized carbons (Fsp3) is 0.417. The first kappa shape index (κ1) is 14.4. The van der Waals surface area contributed by atoms with Gasteiger partial charge in [-0.15, -0.1) is 0 Å². The lowest BCUT2D eigenvalue weighted by molar-refractivity contribution is -0.143. The number of halogens is 1. The molecule has 0 spiro atoms. The number of aromatic nitrogens is 1. The molecular formula is C12H15ClN2O3. The molecule has 1 aromatic rings. The smallest absolute Gasteiger partial charge is 0.325 e. The molecule has 6 heteroatoms. The molecule has 0 fully saturated rings. The van der Waals surface area contributed by atoms with Crippen molar-refractivity contribution in [2.45, 2.75) is 13.8 Å². The van der Waals surface area contributed by atoms with Gasteiger partial charge in [-0.05, 0) is 26.0 Å². The minimum absolute atomic E-state index is 0.0759. The summed E-state index contributed by atoms with van der Waals surface area (Å²) in [6, 6.07) is 3.11. The molecule has 0 aliphatic rings. The van der Waals surface area contributed by atoms with E-state index in [0.29, 0.717) is 18.2 Å². The van der Waals surface area contributed by atoms with Gasteiger partial charge in [0.05, 0.1) is 11.6 Å². The first-order valence-corrected chi connectivity index (χ1v) is 6.02. The van der Waals surface area contributed by atoms with Gasteiger partial charge in [0.15, 0.2) is 0 Å². The molecule has 98 valence electrons. The zero-order valence-electron chi connectivity index (χ0n) is 10.4. The van der Waals surface area contributed by atoms with E-state index in [2.05, 4.69) is 4.98 Å². The van der Waals surface area contributed by atoms with Gasteiger partial charge in [0, 0.05) is 12.7 Å². The Bertz CT molecular complexity index is 420. The van der Waals surface area contributed by atoms with E-state index in [4.69, 9.17) is 16.3 Å². The van der Waals surface area contributed by atoms with Crippen molar-refractivity contribution in [3.63, 3.8) is 0 Å². The quantitative estimate of drug-likeness (QED) is 0.765. The van der Waals surface area contributed by atoms with Crippen LogP contribution in [-0.4, -0.2) is 41.5 Å². The highest BCUT2D eigenvalue weighted by molar-refractivity contribution is 6.30. The number of carbonyl (C=O) groups is 2. The summed E-state index contributed by atoms with van der Waals surface area (Å²) < 4.78 is 4.81. The molecule has 5 nitrogen and oxygen atoms in total. The number of esters is 1. The zero-order chi connectivity index (χ0) is 13.5. The summed E-state index contributed by atoms with van der Waals surface area (Å²) in [5, 5.41) is 0.458. The van der Waals surface area contributed by atoms with Crippen molar-refractivity contribution in [2.24, 2.45) is 0 Å². The number of hydrogen-bond acceptors (Lipinski definition) is 4. The fourth-order valence-electron chi connectivity index (χ4n) is 1.35. The van der Waals surface area contributed by atoms with Crippen LogP contribution in [0.25, 0.3) is 0 Å². The summed E-state index contributed by atoms with van der Waals surface area (Å²) in [7, 11) is 0. The van der Waals surface area contributed by atoms with E-state index in [1.54, 1.807) is 19.9 Å². The lowest BCUT2D eigenvalue weighted by Gasteiger charge is -2.19. The van der Waals surface area contributed by atoms with E-state index in [1.165, 1.54) is 17.2 Å². The van der Waals surface area contributed by atoms with Crippen molar-refractivity contribution in [1.29, 1.82) is 0 Å². The number of amides is 1. The maximum atomic E-state index is 12.0. The van der Waals surface area contributed by atoms with Crippen LogP contribution in [0.3, 0.4) is 0 Å². The molecule has 0 saturated heterocycles. The van der Waals surface area contributed by atoms with Crippen molar-refractivity contribution in [2.75, 3.05) is 19.7 Å². The third-order valence-electron chi connectivity index (χ3n) is 2.24. The molecule has 1 heterocycles. The number of carbonyl (C=O) groups excluding carboxylic acids is 2. The summed E-state index contributed by atoms with van der Waals surface area (Å²) in [5.74, 6) is -0.746. The minimum atomic E-state index is -0.429. The highest BCUT2D eigenvalue weighted by Gasteiger charge is 2.18. The normalized spacial score (nSPS) is 9.94. The van der Waals surface area contributed by atoms with Crippen LogP contribution in [0.15, 0.2) is 18.3 Å². The fourth-order valence-corrected chi connectivity index (χ4v) is 1.47. The lowest BCUT2D eigenvalue weighted by Crippen LogP contribution is -2.36. The van der Waals surface area contributed by atoms with E-state index < -0.39 is 5.97 Å². The highest BCUT2D eigenvalue weighted by Crippen LogP contribution is 2.08. The summed E-state index contributed by atoms with van der Waals surface area (Å²) in [6.07, 6.45) is 1.40. The average Bonchev–Trinajstić information content (AvgIpc) is 2.36. The predicted octanol–water partition coefficient (Wildman–Crippen LogP) is 1.76. The molecule has 18 heavy (non-hydrogen) atoms. The molecule has 1 rings (SSSR count). The minimum Gasteiger partial charge on any atom is -0.465 e. The largest absolute Gasteiger partial charge is 0.465 e. The molecule has 0 atom stereocenters. The third-order valence-corrected chi connectivity index (χ3v) is 2.46. The predicted molar refractivity (Wildman–Crippen MR) is 67.5 cm³/mol. The monoisotopic (exact) mass is 270 g/mol. The Morgan fingerprint density at radius 2 is 2.11 bits per heavy atom. The first-order chi connectivity index (χ1) is 8.58. The SMILES string of the molecule is CCOC(=O)CN(CC)C(=O)c1ccc(Cl)cn1. The Balaban J connectivity index is 2.73. The Kier molecular flexibility index (Phi) is 5.58. The number of likely N-dealkylation sites (N-methyl/N-ethyl adjacent to an activating group) is 1. The number of nitrogens with zero attached hydrogens (tertiary/aromatic N) is 2. The summed E-state index contributed by atoms with van der Waals surface area (Å²) >= 11 is 5.69. The molecule has 0 radical (unpaired) electrons. The van der Waals surface area contributed by atoms with Crippen molar-refractivity contribution in [3.05, 3.63) is 29.0 Å². The molecule has 0 aliphatic carbocycles. The van der Waals surface area contributed by atoms with Crippen LogP contribution in [0.5, 0.6) is 0 Å². The van der Waals surface area contributed by atoms with Crippen LogP contribution in [0.4, 0.5) is 0 Å². The summed E-state index contributed by atoms with van der Waals surface area (Å²) in [5.41, 5.74) is 0.255. The van der Waals surface area contributed by atoms with Crippen LogP contribution >= 0.6 is 11.6 Å². The Morgan fingerprint density at radius 3 is 2.61 bits per heavy atom. The molecule has 1 amide bonds. The van der Waals surface area contributed by atoms with Gasteiger partial charge in [0.25, 0.3) is 5.91 Å². The molecule has 0 saturated carbocycles. The average molecular weight is 271 g/mol. The number of ether oxygens (including phenoxy) is 1. The van der Waals surface area contributed by atoms with Crippen molar-refractivity contribution < 1.29 is 14.3 Å². The van der Waals surface area contributed by atoms with E-state index in [0.717, 1.165) is 0 Å². The van der Waals surface area contributed by atoms with Gasteiger partial charge in [0.1, 0.15) is 12.2 Å². The first-order valence-electron chi connectivity index (χ1n) is 5.65. The topological polar surface area (TPSA) is 59.5 Å². The van der Waals surface area contributed by atoms with Gasteiger partial charge < -0.3 is 9.64 Å². The zero-order valence-corrected chi connectivity index (χ0v) is 11.1. The van der Waals surface area contributed by atoms with Crippen LogP contribution in [-0.2, 0) is 9.53 Å². The molecule has 0 aliphatic heterocycles. The standard InChI is InChI=1S/C12H15ClN2O3/c1-3-15(8-11(16)18-4-2)12(17)10-6-5-9(13)7-14-10/h5-7H,3-4,8H2,1-2H3. The van der Waals surface area contributed by atoms with E-state index in [-0.39, 0.29) is 18.1 Å². The van der Waals surface area contributed by atoms with Gasteiger partial charge in [-0.3, -0.25) is 9.59 Å². The molecular weight excluding hydrogens is 256 g/mol. The van der Waals surface area contributed by atoms with Gasteiger partial charge >= 0.3 is 5.97 Å². The Labute approximate surface area is 111 Å². The van der Waals surface area contributed by atoms with E-state index in [9.17, 15) is 9.59 Å². The van der Waals surface area contributed by atoms with Crippen molar-refractivity contribution in [1.82, 2.24) is 9.88 Å². The molecule has 0 N–H and O–H groups in total. The maximum Gasteiger partial charge on any atom is 0.325 e. The van der Waals surface area contributed by atoms with Crippen LogP contribution in [0.2, 0.25) is 5.02 Å². The van der Waals surface area contributed by atoms with E-state index in [1.807, 2.05) is 0 Å². The third kappa shape index (κ3) is 4.00.